The molecule has 8 heteroatoms. The van der Waals surface area contributed by atoms with Gasteiger partial charge in [0.25, 0.3) is 0 Å². The SMILES string of the molecule is CC(=O)c1ccc(NC(=O)CNCCc2ccc(S(N)(=O)=O)cc2)cc1. The van der Waals surface area contributed by atoms with Crippen LogP contribution in [0.4, 0.5) is 5.69 Å². The maximum absolute atomic E-state index is 11.9. The summed E-state index contributed by atoms with van der Waals surface area (Å²) < 4.78 is 22.4. The summed E-state index contributed by atoms with van der Waals surface area (Å²) in [4.78, 5) is 23.2. The first-order valence-corrected chi connectivity index (χ1v) is 9.53. The predicted molar refractivity (Wildman–Crippen MR) is 99.5 cm³/mol. The van der Waals surface area contributed by atoms with E-state index in [0.717, 1.165) is 5.56 Å². The van der Waals surface area contributed by atoms with E-state index in [2.05, 4.69) is 10.6 Å². The quantitative estimate of drug-likeness (QED) is 0.475. The number of hydrogen-bond donors (Lipinski definition) is 3. The van der Waals surface area contributed by atoms with Gasteiger partial charge in [-0.3, -0.25) is 9.59 Å². The molecular formula is C18H21N3O4S. The lowest BCUT2D eigenvalue weighted by Crippen LogP contribution is -2.29. The maximum Gasteiger partial charge on any atom is 0.238 e. The minimum absolute atomic E-state index is 0.0263. The Bertz CT molecular complexity index is 876. The number of benzene rings is 2. The van der Waals surface area contributed by atoms with Gasteiger partial charge < -0.3 is 10.6 Å². The second-order valence-corrected chi connectivity index (χ2v) is 7.36. The highest BCUT2D eigenvalue weighted by molar-refractivity contribution is 7.89. The lowest BCUT2D eigenvalue weighted by Gasteiger charge is -2.08. The zero-order chi connectivity index (χ0) is 19.2. The van der Waals surface area contributed by atoms with Gasteiger partial charge in [0.15, 0.2) is 5.78 Å². The largest absolute Gasteiger partial charge is 0.325 e. The Kier molecular flexibility index (Phi) is 6.62. The van der Waals surface area contributed by atoms with Crippen LogP contribution in [-0.4, -0.2) is 33.2 Å². The molecule has 0 aromatic heterocycles. The van der Waals surface area contributed by atoms with E-state index in [1.807, 2.05) is 0 Å². The summed E-state index contributed by atoms with van der Waals surface area (Å²) in [6.45, 7) is 2.19. The second-order valence-electron chi connectivity index (χ2n) is 5.80. The molecule has 2 aromatic rings. The van der Waals surface area contributed by atoms with Gasteiger partial charge >= 0.3 is 0 Å². The summed E-state index contributed by atoms with van der Waals surface area (Å²) in [5.74, 6) is -0.216. The maximum atomic E-state index is 11.9. The Labute approximate surface area is 152 Å². The van der Waals surface area contributed by atoms with Gasteiger partial charge in [0.05, 0.1) is 11.4 Å². The zero-order valence-corrected chi connectivity index (χ0v) is 15.2. The van der Waals surface area contributed by atoms with Crippen molar-refractivity contribution in [2.24, 2.45) is 5.14 Å². The number of nitrogens with one attached hydrogen (secondary N) is 2. The fourth-order valence-electron chi connectivity index (χ4n) is 2.27. The van der Waals surface area contributed by atoms with E-state index in [1.54, 1.807) is 36.4 Å². The Morgan fingerprint density at radius 1 is 1.00 bits per heavy atom. The fraction of sp³-hybridized carbons (Fsp3) is 0.222. The van der Waals surface area contributed by atoms with Crippen LogP contribution in [0, 0.1) is 0 Å². The molecule has 0 spiro atoms. The van der Waals surface area contributed by atoms with Gasteiger partial charge in [-0.25, -0.2) is 13.6 Å². The number of rotatable bonds is 8. The summed E-state index contributed by atoms with van der Waals surface area (Å²) >= 11 is 0. The third kappa shape index (κ3) is 6.07. The summed E-state index contributed by atoms with van der Waals surface area (Å²) in [7, 11) is -3.68. The topological polar surface area (TPSA) is 118 Å². The predicted octanol–water partition coefficient (Wildman–Crippen LogP) is 1.31. The van der Waals surface area contributed by atoms with Crippen LogP contribution in [0.5, 0.6) is 0 Å². The first-order valence-electron chi connectivity index (χ1n) is 7.99. The molecule has 0 aliphatic carbocycles. The monoisotopic (exact) mass is 375 g/mol. The van der Waals surface area contributed by atoms with Crippen molar-refractivity contribution in [2.75, 3.05) is 18.4 Å². The lowest BCUT2D eigenvalue weighted by molar-refractivity contribution is -0.115. The van der Waals surface area contributed by atoms with Crippen LogP contribution in [0.1, 0.15) is 22.8 Å². The van der Waals surface area contributed by atoms with Gasteiger partial charge in [-0.15, -0.1) is 0 Å². The molecule has 1 amide bonds. The molecule has 0 heterocycles. The first kappa shape index (κ1) is 19.8. The summed E-state index contributed by atoms with van der Waals surface area (Å²) in [5.41, 5.74) is 2.15. The number of anilines is 1. The molecule has 0 atom stereocenters. The number of primary sulfonamides is 1. The van der Waals surface area contributed by atoms with Gasteiger partial charge in [-0.2, -0.15) is 0 Å². The van der Waals surface area contributed by atoms with E-state index in [4.69, 9.17) is 5.14 Å². The molecule has 2 rings (SSSR count). The normalized spacial score (nSPS) is 11.2. The highest BCUT2D eigenvalue weighted by atomic mass is 32.2. The second kappa shape index (κ2) is 8.70. The molecule has 0 aliphatic heterocycles. The van der Waals surface area contributed by atoms with E-state index in [9.17, 15) is 18.0 Å². The minimum Gasteiger partial charge on any atom is -0.325 e. The molecule has 0 bridgehead atoms. The van der Waals surface area contributed by atoms with Gasteiger partial charge in [-0.05, 0) is 61.9 Å². The Morgan fingerprint density at radius 3 is 2.15 bits per heavy atom. The van der Waals surface area contributed by atoms with Crippen molar-refractivity contribution in [3.63, 3.8) is 0 Å². The van der Waals surface area contributed by atoms with Crippen LogP contribution in [0.2, 0.25) is 0 Å². The Morgan fingerprint density at radius 2 is 1.62 bits per heavy atom. The van der Waals surface area contributed by atoms with Gasteiger partial charge in [0.1, 0.15) is 0 Å². The molecule has 0 fully saturated rings. The zero-order valence-electron chi connectivity index (χ0n) is 14.4. The van der Waals surface area contributed by atoms with Crippen molar-refractivity contribution >= 4 is 27.4 Å². The minimum atomic E-state index is -3.68. The smallest absolute Gasteiger partial charge is 0.238 e. The van der Waals surface area contributed by atoms with Crippen LogP contribution < -0.4 is 15.8 Å². The molecule has 26 heavy (non-hydrogen) atoms. The number of carbonyl (C=O) groups excluding carboxylic acids is 2. The molecule has 0 unspecified atom stereocenters. The average Bonchev–Trinajstić information content (AvgIpc) is 2.59. The molecule has 4 N–H and O–H groups in total. The highest BCUT2D eigenvalue weighted by Crippen LogP contribution is 2.10. The van der Waals surface area contributed by atoms with Crippen LogP contribution in [0.15, 0.2) is 53.4 Å². The van der Waals surface area contributed by atoms with Crippen molar-refractivity contribution in [1.82, 2.24) is 5.32 Å². The number of ketones is 1. The van der Waals surface area contributed by atoms with Crippen LogP contribution in [0.25, 0.3) is 0 Å². The fourth-order valence-corrected chi connectivity index (χ4v) is 2.79. The number of carbonyl (C=O) groups is 2. The molecule has 0 radical (unpaired) electrons. The van der Waals surface area contributed by atoms with E-state index < -0.39 is 10.0 Å². The van der Waals surface area contributed by atoms with E-state index in [-0.39, 0.29) is 23.1 Å². The Balaban J connectivity index is 1.73. The van der Waals surface area contributed by atoms with Crippen molar-refractivity contribution in [2.45, 2.75) is 18.2 Å². The standard InChI is InChI=1S/C18H21N3O4S/c1-13(22)15-4-6-16(7-5-15)21-18(23)12-20-11-10-14-2-8-17(9-3-14)26(19,24)25/h2-9,20H,10-12H2,1H3,(H,21,23)(H2,19,24,25). The van der Waals surface area contributed by atoms with Crippen LogP contribution in [0.3, 0.4) is 0 Å². The summed E-state index contributed by atoms with van der Waals surface area (Å²) in [5, 5.41) is 10.8. The lowest BCUT2D eigenvalue weighted by atomic mass is 10.1. The van der Waals surface area contributed by atoms with Crippen molar-refractivity contribution in [1.29, 1.82) is 0 Å². The molecule has 0 saturated carbocycles. The number of nitrogens with two attached hydrogens (primary N) is 1. The highest BCUT2D eigenvalue weighted by Gasteiger charge is 2.07. The first-order chi connectivity index (χ1) is 12.3. The molecule has 0 saturated heterocycles. The van der Waals surface area contributed by atoms with Crippen LogP contribution in [-0.2, 0) is 21.2 Å². The van der Waals surface area contributed by atoms with Gasteiger partial charge in [-0.1, -0.05) is 12.1 Å². The van der Waals surface area contributed by atoms with Crippen molar-refractivity contribution in [3.8, 4) is 0 Å². The van der Waals surface area contributed by atoms with E-state index in [0.29, 0.717) is 24.2 Å². The molecule has 138 valence electrons. The molecule has 7 nitrogen and oxygen atoms in total. The van der Waals surface area contributed by atoms with Crippen LogP contribution >= 0.6 is 0 Å². The van der Waals surface area contributed by atoms with Gasteiger partial charge in [0, 0.05) is 11.3 Å². The van der Waals surface area contributed by atoms with Crippen molar-refractivity contribution in [3.05, 3.63) is 59.7 Å². The summed E-state index contributed by atoms with van der Waals surface area (Å²) in [6, 6.07) is 13.0. The molecule has 0 aliphatic rings. The average molecular weight is 375 g/mol. The molecule has 2 aromatic carbocycles. The number of hydrogen-bond acceptors (Lipinski definition) is 5. The third-order valence-electron chi connectivity index (χ3n) is 3.70. The molecular weight excluding hydrogens is 354 g/mol. The number of amides is 1. The van der Waals surface area contributed by atoms with Crippen molar-refractivity contribution < 1.29 is 18.0 Å². The van der Waals surface area contributed by atoms with Gasteiger partial charge in [0.2, 0.25) is 15.9 Å². The van der Waals surface area contributed by atoms with E-state index in [1.165, 1.54) is 19.1 Å². The number of sulfonamides is 1. The Hall–Kier alpha value is -2.55. The third-order valence-corrected chi connectivity index (χ3v) is 4.63. The summed E-state index contributed by atoms with van der Waals surface area (Å²) in [6.07, 6.45) is 0.644. The number of Topliss-reactive ketones (excluding diaryl/α,β-unsaturated/α-hetero) is 1. The van der Waals surface area contributed by atoms with E-state index >= 15 is 0 Å².